The molecule has 0 aliphatic rings. The van der Waals surface area contributed by atoms with Crippen molar-refractivity contribution in [2.24, 2.45) is 0 Å². The molecule has 0 bridgehead atoms. The molecule has 3 rings (SSSR count). The number of non-ortho nitro benzene ring substituents is 1. The van der Waals surface area contributed by atoms with Crippen LogP contribution < -0.4 is 5.32 Å². The van der Waals surface area contributed by atoms with Crippen molar-refractivity contribution in [1.29, 1.82) is 0 Å². The first-order chi connectivity index (χ1) is 11.0. The van der Waals surface area contributed by atoms with Gasteiger partial charge in [0.05, 0.1) is 26.4 Å². The third-order valence-corrected chi connectivity index (χ3v) is 4.24. The number of hydrogen-bond acceptors (Lipinski definition) is 6. The third kappa shape index (κ3) is 2.84. The van der Waals surface area contributed by atoms with Gasteiger partial charge in [-0.25, -0.2) is 9.78 Å². The fourth-order valence-electron chi connectivity index (χ4n) is 2.19. The number of rotatable bonds is 4. The van der Waals surface area contributed by atoms with Gasteiger partial charge in [-0.1, -0.05) is 23.5 Å². The lowest BCUT2D eigenvalue weighted by Crippen LogP contribution is -2.03. The third-order valence-electron chi connectivity index (χ3n) is 3.31. The highest BCUT2D eigenvalue weighted by atomic mass is 32.1. The van der Waals surface area contributed by atoms with Crippen LogP contribution in [0.2, 0.25) is 0 Å². The van der Waals surface area contributed by atoms with Crippen LogP contribution in [0.5, 0.6) is 0 Å². The van der Waals surface area contributed by atoms with E-state index in [0.29, 0.717) is 5.13 Å². The molecule has 0 aliphatic heterocycles. The molecule has 3 aromatic rings. The van der Waals surface area contributed by atoms with Gasteiger partial charge in [0.25, 0.3) is 5.69 Å². The second-order valence-corrected chi connectivity index (χ2v) is 5.89. The first kappa shape index (κ1) is 14.9. The number of nitrogens with one attached hydrogen (secondary N) is 1. The zero-order valence-electron chi connectivity index (χ0n) is 11.9. The molecule has 116 valence electrons. The summed E-state index contributed by atoms with van der Waals surface area (Å²) in [6, 6.07) is 9.33. The highest BCUT2D eigenvalue weighted by Crippen LogP contribution is 2.32. The molecule has 0 spiro atoms. The van der Waals surface area contributed by atoms with E-state index in [0.717, 1.165) is 21.8 Å². The summed E-state index contributed by atoms with van der Waals surface area (Å²) in [5.74, 6) is -1.17. The average molecular weight is 329 g/mol. The molecule has 0 radical (unpaired) electrons. The number of aryl methyl sites for hydroxylation is 1. The van der Waals surface area contributed by atoms with Gasteiger partial charge in [0, 0.05) is 12.1 Å². The van der Waals surface area contributed by atoms with Crippen LogP contribution in [0.4, 0.5) is 16.5 Å². The standard InChI is InChI=1S/C15H11N3O4S/c1-8-3-2-4-12-13(8)17-15(23-12)16-11-7-9(18(21)22)5-6-10(11)14(19)20/h2-7H,1H3,(H,16,17)(H,19,20). The van der Waals surface area contributed by atoms with E-state index >= 15 is 0 Å². The molecule has 8 heteroatoms. The van der Waals surface area contributed by atoms with Crippen LogP contribution in [-0.4, -0.2) is 21.0 Å². The number of thiazole rings is 1. The van der Waals surface area contributed by atoms with Crippen molar-refractivity contribution in [3.8, 4) is 0 Å². The summed E-state index contributed by atoms with van der Waals surface area (Å²) in [7, 11) is 0. The van der Waals surface area contributed by atoms with Gasteiger partial charge in [0.1, 0.15) is 0 Å². The molecule has 0 atom stereocenters. The van der Waals surface area contributed by atoms with Gasteiger partial charge in [-0.15, -0.1) is 0 Å². The Balaban J connectivity index is 2.06. The second kappa shape index (κ2) is 5.65. The number of carboxylic acid groups (broad SMARTS) is 1. The van der Waals surface area contributed by atoms with Gasteiger partial charge >= 0.3 is 5.97 Å². The molecular weight excluding hydrogens is 318 g/mol. The van der Waals surface area contributed by atoms with Crippen molar-refractivity contribution in [3.63, 3.8) is 0 Å². The highest BCUT2D eigenvalue weighted by Gasteiger charge is 2.17. The van der Waals surface area contributed by atoms with Crippen molar-refractivity contribution in [2.75, 3.05) is 5.32 Å². The Morgan fingerprint density at radius 2 is 2.13 bits per heavy atom. The van der Waals surface area contributed by atoms with Gasteiger partial charge in [-0.05, 0) is 24.6 Å². The molecule has 7 nitrogen and oxygen atoms in total. The maximum absolute atomic E-state index is 11.3. The minimum atomic E-state index is -1.17. The molecule has 0 saturated carbocycles. The van der Waals surface area contributed by atoms with E-state index in [1.54, 1.807) is 0 Å². The molecule has 0 saturated heterocycles. The SMILES string of the molecule is Cc1cccc2sc(Nc3cc([N+](=O)[O-])ccc3C(=O)O)nc12. The molecule has 0 unspecified atom stereocenters. The second-order valence-electron chi connectivity index (χ2n) is 4.86. The van der Waals surface area contributed by atoms with Gasteiger partial charge in [-0.2, -0.15) is 0 Å². The lowest BCUT2D eigenvalue weighted by molar-refractivity contribution is -0.384. The molecule has 1 heterocycles. The fraction of sp³-hybridized carbons (Fsp3) is 0.0667. The number of carbonyl (C=O) groups is 1. The zero-order chi connectivity index (χ0) is 16.6. The average Bonchev–Trinajstić information content (AvgIpc) is 2.91. The Morgan fingerprint density at radius 3 is 2.78 bits per heavy atom. The number of nitrogens with zero attached hydrogens (tertiary/aromatic N) is 2. The number of nitro benzene ring substituents is 1. The lowest BCUT2D eigenvalue weighted by Gasteiger charge is -2.06. The van der Waals surface area contributed by atoms with E-state index in [4.69, 9.17) is 0 Å². The minimum absolute atomic E-state index is 0.0495. The summed E-state index contributed by atoms with van der Waals surface area (Å²) in [5.41, 5.74) is 1.73. The van der Waals surface area contributed by atoms with Crippen molar-refractivity contribution in [3.05, 3.63) is 57.6 Å². The molecule has 0 amide bonds. The summed E-state index contributed by atoms with van der Waals surface area (Å²) >= 11 is 1.36. The van der Waals surface area contributed by atoms with Gasteiger partial charge in [0.15, 0.2) is 5.13 Å². The summed E-state index contributed by atoms with van der Waals surface area (Å²) in [6.45, 7) is 1.93. The minimum Gasteiger partial charge on any atom is -0.478 e. The Hall–Kier alpha value is -3.00. The van der Waals surface area contributed by atoms with E-state index in [1.807, 2.05) is 25.1 Å². The first-order valence-electron chi connectivity index (χ1n) is 6.60. The number of nitro groups is 1. The molecule has 23 heavy (non-hydrogen) atoms. The largest absolute Gasteiger partial charge is 0.478 e. The van der Waals surface area contributed by atoms with Crippen molar-refractivity contribution in [1.82, 2.24) is 4.98 Å². The summed E-state index contributed by atoms with van der Waals surface area (Å²) in [5, 5.41) is 23.5. The lowest BCUT2D eigenvalue weighted by atomic mass is 10.1. The summed E-state index contributed by atoms with van der Waals surface area (Å²) in [6.07, 6.45) is 0. The maximum atomic E-state index is 11.3. The van der Waals surface area contributed by atoms with Crippen LogP contribution >= 0.6 is 11.3 Å². The summed E-state index contributed by atoms with van der Waals surface area (Å²) < 4.78 is 0.954. The monoisotopic (exact) mass is 329 g/mol. The van der Waals surface area contributed by atoms with Crippen LogP contribution in [0.1, 0.15) is 15.9 Å². The highest BCUT2D eigenvalue weighted by molar-refractivity contribution is 7.22. The van der Waals surface area contributed by atoms with Crippen LogP contribution in [0.3, 0.4) is 0 Å². The van der Waals surface area contributed by atoms with Crippen LogP contribution in [0, 0.1) is 17.0 Å². The molecular formula is C15H11N3O4S. The van der Waals surface area contributed by atoms with Crippen molar-refractivity contribution < 1.29 is 14.8 Å². The normalized spacial score (nSPS) is 10.7. The van der Waals surface area contributed by atoms with E-state index in [1.165, 1.54) is 23.5 Å². The number of carboxylic acids is 1. The Bertz CT molecular complexity index is 936. The zero-order valence-corrected chi connectivity index (χ0v) is 12.8. The number of anilines is 2. The van der Waals surface area contributed by atoms with Crippen molar-refractivity contribution in [2.45, 2.75) is 6.92 Å². The number of benzene rings is 2. The Labute approximate surface area is 134 Å². The van der Waals surface area contributed by atoms with Crippen LogP contribution in [0.25, 0.3) is 10.2 Å². The van der Waals surface area contributed by atoms with Crippen molar-refractivity contribution >= 4 is 44.0 Å². The topological polar surface area (TPSA) is 105 Å². The smallest absolute Gasteiger partial charge is 0.337 e. The molecule has 0 fully saturated rings. The Kier molecular flexibility index (Phi) is 3.67. The quantitative estimate of drug-likeness (QED) is 0.554. The molecule has 2 aromatic carbocycles. The number of fused-ring (bicyclic) bond motifs is 1. The summed E-state index contributed by atoms with van der Waals surface area (Å²) in [4.78, 5) is 26.0. The van der Waals surface area contributed by atoms with Gasteiger partial charge < -0.3 is 10.4 Å². The molecule has 0 aliphatic carbocycles. The van der Waals surface area contributed by atoms with E-state index in [2.05, 4.69) is 10.3 Å². The van der Waals surface area contributed by atoms with Gasteiger partial charge in [-0.3, -0.25) is 10.1 Å². The first-order valence-corrected chi connectivity index (χ1v) is 7.42. The predicted molar refractivity (Wildman–Crippen MR) is 87.7 cm³/mol. The maximum Gasteiger partial charge on any atom is 0.337 e. The number of hydrogen-bond donors (Lipinski definition) is 2. The van der Waals surface area contributed by atoms with Crippen LogP contribution in [-0.2, 0) is 0 Å². The van der Waals surface area contributed by atoms with E-state index in [-0.39, 0.29) is 16.9 Å². The fourth-order valence-corrected chi connectivity index (χ4v) is 3.15. The van der Waals surface area contributed by atoms with Gasteiger partial charge in [0.2, 0.25) is 0 Å². The molecule has 1 aromatic heterocycles. The van der Waals surface area contributed by atoms with Crippen LogP contribution in [0.15, 0.2) is 36.4 Å². The van der Waals surface area contributed by atoms with E-state index in [9.17, 15) is 20.0 Å². The molecule has 2 N–H and O–H groups in total. The number of aromatic nitrogens is 1. The number of aromatic carboxylic acids is 1. The Morgan fingerprint density at radius 1 is 1.35 bits per heavy atom. The predicted octanol–water partition coefficient (Wildman–Crippen LogP) is 3.95. The van der Waals surface area contributed by atoms with E-state index < -0.39 is 10.9 Å². The number of para-hydroxylation sites is 1.